The van der Waals surface area contributed by atoms with E-state index in [1.807, 2.05) is 24.3 Å². The fourth-order valence-corrected chi connectivity index (χ4v) is 3.51. The number of benzene rings is 2. The molecule has 1 aliphatic rings. The van der Waals surface area contributed by atoms with Crippen LogP contribution >= 0.6 is 0 Å². The van der Waals surface area contributed by atoms with Crippen molar-refractivity contribution in [3.8, 4) is 11.1 Å². The molecule has 0 spiro atoms. The van der Waals surface area contributed by atoms with Crippen LogP contribution in [0.15, 0.2) is 48.5 Å². The van der Waals surface area contributed by atoms with Crippen molar-refractivity contribution in [2.75, 3.05) is 37.7 Å². The zero-order chi connectivity index (χ0) is 21.7. The van der Waals surface area contributed by atoms with Crippen LogP contribution in [0.1, 0.15) is 6.92 Å². The average Bonchev–Trinajstić information content (AvgIpc) is 2.77. The number of aliphatic hydroxyl groups excluding tert-OH is 2. The first-order valence-electron chi connectivity index (χ1n) is 9.87. The second-order valence-corrected chi connectivity index (χ2v) is 7.29. The van der Waals surface area contributed by atoms with Crippen molar-refractivity contribution in [2.24, 2.45) is 0 Å². The van der Waals surface area contributed by atoms with Crippen LogP contribution in [-0.2, 0) is 4.79 Å². The molecule has 2 aromatic rings. The summed E-state index contributed by atoms with van der Waals surface area (Å²) < 4.78 is 14.0. The lowest BCUT2D eigenvalue weighted by atomic mass is 10.0. The first-order valence-corrected chi connectivity index (χ1v) is 9.87. The molecule has 0 bridgehead atoms. The second kappa shape index (κ2) is 9.69. The van der Waals surface area contributed by atoms with Gasteiger partial charge in [-0.3, -0.25) is 4.79 Å². The molecule has 7 nitrogen and oxygen atoms in total. The van der Waals surface area contributed by atoms with Gasteiger partial charge in [0.1, 0.15) is 18.5 Å². The van der Waals surface area contributed by atoms with Crippen molar-refractivity contribution < 1.29 is 24.2 Å². The monoisotopic (exact) mass is 415 g/mol. The van der Waals surface area contributed by atoms with Crippen LogP contribution < -0.4 is 10.2 Å². The zero-order valence-corrected chi connectivity index (χ0v) is 16.8. The van der Waals surface area contributed by atoms with Gasteiger partial charge in [-0.15, -0.1) is 0 Å². The Kier molecular flexibility index (Phi) is 7.02. The molecule has 160 valence electrons. The Hall–Kier alpha value is -2.97. The quantitative estimate of drug-likeness (QED) is 0.667. The molecule has 30 heavy (non-hydrogen) atoms. The number of piperazine rings is 1. The lowest BCUT2D eigenvalue weighted by Crippen LogP contribution is -2.57. The second-order valence-electron chi connectivity index (χ2n) is 7.29. The highest BCUT2D eigenvalue weighted by Crippen LogP contribution is 2.26. The maximum Gasteiger partial charge on any atom is 0.318 e. The van der Waals surface area contributed by atoms with Crippen molar-refractivity contribution in [3.63, 3.8) is 0 Å². The third-order valence-electron chi connectivity index (χ3n) is 5.25. The van der Waals surface area contributed by atoms with Crippen LogP contribution in [0.3, 0.4) is 0 Å². The molecule has 0 radical (unpaired) electrons. The molecular weight excluding hydrogens is 389 g/mol. The first-order chi connectivity index (χ1) is 14.4. The predicted octanol–water partition coefficient (Wildman–Crippen LogP) is 1.64. The molecule has 2 atom stereocenters. The van der Waals surface area contributed by atoms with Crippen molar-refractivity contribution in [2.45, 2.75) is 19.1 Å². The van der Waals surface area contributed by atoms with E-state index in [0.717, 1.165) is 11.3 Å². The predicted molar refractivity (Wildman–Crippen MR) is 112 cm³/mol. The summed E-state index contributed by atoms with van der Waals surface area (Å²) in [5, 5.41) is 21.2. The third kappa shape index (κ3) is 4.95. The Morgan fingerprint density at radius 2 is 1.70 bits per heavy atom. The minimum absolute atomic E-state index is 0.264. The number of nitrogens with one attached hydrogen (secondary N) is 1. The highest BCUT2D eigenvalue weighted by Gasteiger charge is 2.28. The van der Waals surface area contributed by atoms with E-state index < -0.39 is 30.6 Å². The van der Waals surface area contributed by atoms with E-state index in [4.69, 9.17) is 5.11 Å². The van der Waals surface area contributed by atoms with Crippen molar-refractivity contribution in [1.29, 1.82) is 0 Å². The summed E-state index contributed by atoms with van der Waals surface area (Å²) in [6.45, 7) is 2.73. The topological polar surface area (TPSA) is 93.1 Å². The van der Waals surface area contributed by atoms with Gasteiger partial charge in [-0.1, -0.05) is 30.3 Å². The maximum atomic E-state index is 14.0. The SMILES string of the molecule is C[C@@H](O)[C@H](NC(=O)N1CCN(c2ccc(-c3ccccc3F)cc2)CC1)C(=O)CO. The normalized spacial score (nSPS) is 16.1. The van der Waals surface area contributed by atoms with Gasteiger partial charge in [0, 0.05) is 37.4 Å². The number of carbonyl (C=O) groups excluding carboxylic acids is 2. The molecule has 1 heterocycles. The number of hydrogen-bond acceptors (Lipinski definition) is 5. The van der Waals surface area contributed by atoms with Crippen LogP contribution in [0.25, 0.3) is 11.1 Å². The smallest absolute Gasteiger partial charge is 0.318 e. The number of rotatable bonds is 6. The van der Waals surface area contributed by atoms with Crippen LogP contribution in [0.4, 0.5) is 14.9 Å². The summed E-state index contributed by atoms with van der Waals surface area (Å²) in [6.07, 6.45) is -1.09. The van der Waals surface area contributed by atoms with E-state index in [9.17, 15) is 19.1 Å². The molecule has 1 saturated heterocycles. The van der Waals surface area contributed by atoms with Gasteiger partial charge in [0.25, 0.3) is 0 Å². The van der Waals surface area contributed by atoms with E-state index in [2.05, 4.69) is 10.2 Å². The number of amides is 2. The third-order valence-corrected chi connectivity index (χ3v) is 5.25. The van der Waals surface area contributed by atoms with E-state index in [1.165, 1.54) is 13.0 Å². The molecule has 0 unspecified atom stereocenters. The van der Waals surface area contributed by atoms with Crippen LogP contribution in [0, 0.1) is 5.82 Å². The minimum Gasteiger partial charge on any atom is -0.391 e. The number of ketones is 1. The van der Waals surface area contributed by atoms with Gasteiger partial charge in [-0.2, -0.15) is 0 Å². The van der Waals surface area contributed by atoms with Gasteiger partial charge >= 0.3 is 6.03 Å². The summed E-state index contributed by atoms with van der Waals surface area (Å²) in [5.74, 6) is -0.896. The summed E-state index contributed by atoms with van der Waals surface area (Å²) in [7, 11) is 0. The fourth-order valence-electron chi connectivity index (χ4n) is 3.51. The number of urea groups is 1. The molecule has 0 saturated carbocycles. The first kappa shape index (κ1) is 21.7. The molecular formula is C22H26FN3O4. The van der Waals surface area contributed by atoms with E-state index in [1.54, 1.807) is 23.1 Å². The zero-order valence-electron chi connectivity index (χ0n) is 16.8. The molecule has 2 amide bonds. The number of Topliss-reactive ketones (excluding diaryl/α,β-unsaturated/α-hetero) is 1. The van der Waals surface area contributed by atoms with Gasteiger partial charge in [-0.25, -0.2) is 9.18 Å². The standard InChI is InChI=1S/C22H26FN3O4/c1-15(28)21(20(29)14-27)24-22(30)26-12-10-25(11-13-26)17-8-6-16(7-9-17)18-4-2-3-5-19(18)23/h2-9,15,21,27-28H,10-14H2,1H3,(H,24,30)/t15-,21+/m1/s1. The fraction of sp³-hybridized carbons (Fsp3) is 0.364. The molecule has 3 N–H and O–H groups in total. The number of halogens is 1. The Morgan fingerprint density at radius 3 is 2.27 bits per heavy atom. The van der Waals surface area contributed by atoms with Crippen LogP contribution in [0.5, 0.6) is 0 Å². The summed E-state index contributed by atoms with van der Waals surface area (Å²) in [4.78, 5) is 27.8. The summed E-state index contributed by atoms with van der Waals surface area (Å²) >= 11 is 0. The van der Waals surface area contributed by atoms with E-state index in [-0.39, 0.29) is 5.82 Å². The molecule has 8 heteroatoms. The number of hydrogen-bond donors (Lipinski definition) is 3. The number of nitrogens with zero attached hydrogens (tertiary/aromatic N) is 2. The highest BCUT2D eigenvalue weighted by molar-refractivity contribution is 5.89. The number of carbonyl (C=O) groups is 2. The summed E-state index contributed by atoms with van der Waals surface area (Å²) in [5.41, 5.74) is 2.33. The molecule has 3 rings (SSSR count). The van der Waals surface area contributed by atoms with Gasteiger partial charge in [0.05, 0.1) is 6.10 Å². The van der Waals surface area contributed by atoms with Gasteiger partial charge in [0.15, 0.2) is 5.78 Å². The Balaban J connectivity index is 1.58. The minimum atomic E-state index is -1.13. The van der Waals surface area contributed by atoms with Gasteiger partial charge < -0.3 is 25.3 Å². The summed E-state index contributed by atoms with van der Waals surface area (Å²) in [6, 6.07) is 12.7. The Bertz CT molecular complexity index is 880. The van der Waals surface area contributed by atoms with Crippen LogP contribution in [-0.4, -0.2) is 71.9 Å². The Morgan fingerprint density at radius 1 is 1.07 bits per heavy atom. The maximum absolute atomic E-state index is 14.0. The molecule has 2 aromatic carbocycles. The van der Waals surface area contributed by atoms with Crippen molar-refractivity contribution >= 4 is 17.5 Å². The van der Waals surface area contributed by atoms with Crippen molar-refractivity contribution in [1.82, 2.24) is 10.2 Å². The number of aliphatic hydroxyl groups is 2. The van der Waals surface area contributed by atoms with Crippen LogP contribution in [0.2, 0.25) is 0 Å². The van der Waals surface area contributed by atoms with E-state index in [0.29, 0.717) is 31.7 Å². The lowest BCUT2D eigenvalue weighted by molar-refractivity contribution is -0.125. The molecule has 1 aliphatic heterocycles. The van der Waals surface area contributed by atoms with Gasteiger partial charge in [-0.05, 0) is 30.7 Å². The van der Waals surface area contributed by atoms with Gasteiger partial charge in [0.2, 0.25) is 0 Å². The molecule has 1 fully saturated rings. The molecule has 0 aliphatic carbocycles. The Labute approximate surface area is 174 Å². The van der Waals surface area contributed by atoms with E-state index >= 15 is 0 Å². The lowest BCUT2D eigenvalue weighted by Gasteiger charge is -2.37. The van der Waals surface area contributed by atoms with Crippen molar-refractivity contribution in [3.05, 3.63) is 54.3 Å². The highest BCUT2D eigenvalue weighted by atomic mass is 19.1. The number of anilines is 1. The average molecular weight is 415 g/mol. The largest absolute Gasteiger partial charge is 0.391 e. The molecule has 0 aromatic heterocycles.